The molecule has 0 N–H and O–H groups in total. The maximum atomic E-state index is 11.3. The summed E-state index contributed by atoms with van der Waals surface area (Å²) in [6, 6.07) is 0. The average molecular weight is 183 g/mol. The Hall–Kier alpha value is -1.32. The lowest BCUT2D eigenvalue weighted by molar-refractivity contribution is -0.127. The second-order valence-corrected chi connectivity index (χ2v) is 2.77. The molecule has 0 aromatic rings. The Kier molecular flexibility index (Phi) is 3.49. The maximum Gasteiger partial charge on any atom is 0.416 e. The summed E-state index contributed by atoms with van der Waals surface area (Å²) in [4.78, 5) is 23.4. The molecule has 72 valence electrons. The first-order valence-corrected chi connectivity index (χ1v) is 4.34. The Morgan fingerprint density at radius 1 is 1.69 bits per heavy atom. The highest BCUT2D eigenvalue weighted by molar-refractivity contribution is 5.92. The predicted octanol–water partition coefficient (Wildman–Crippen LogP) is 1.32. The zero-order chi connectivity index (χ0) is 9.68. The van der Waals surface area contributed by atoms with Crippen molar-refractivity contribution in [1.82, 2.24) is 4.90 Å². The highest BCUT2D eigenvalue weighted by Gasteiger charge is 2.27. The normalized spacial score (nSPS) is 16.7. The van der Waals surface area contributed by atoms with Gasteiger partial charge in [-0.15, -0.1) is 0 Å². The van der Waals surface area contributed by atoms with E-state index in [0.29, 0.717) is 26.0 Å². The number of nitrogens with zero attached hydrogens (tertiary/aromatic N) is 1. The molecule has 0 unspecified atom stereocenters. The largest absolute Gasteiger partial charge is 0.447 e. The molecule has 0 bridgehead atoms. The fraction of sp³-hybridized carbons (Fsp3) is 0.556. The van der Waals surface area contributed by atoms with Crippen LogP contribution in [0.25, 0.3) is 0 Å². The van der Waals surface area contributed by atoms with Crippen LogP contribution in [0.4, 0.5) is 4.79 Å². The molecule has 0 spiro atoms. The lowest BCUT2D eigenvalue weighted by Crippen LogP contribution is -2.31. The van der Waals surface area contributed by atoms with Crippen LogP contribution >= 0.6 is 0 Å². The first-order chi connectivity index (χ1) is 6.25. The van der Waals surface area contributed by atoms with Crippen molar-refractivity contribution >= 4 is 12.0 Å². The van der Waals surface area contributed by atoms with Crippen LogP contribution in [0.2, 0.25) is 0 Å². The van der Waals surface area contributed by atoms with E-state index in [1.54, 1.807) is 0 Å². The third-order valence-corrected chi connectivity index (χ3v) is 1.82. The second kappa shape index (κ2) is 4.64. The Labute approximate surface area is 77.2 Å². The van der Waals surface area contributed by atoms with Crippen molar-refractivity contribution in [3.63, 3.8) is 0 Å². The molecule has 1 heterocycles. The van der Waals surface area contributed by atoms with Crippen molar-refractivity contribution in [1.29, 1.82) is 0 Å². The van der Waals surface area contributed by atoms with Crippen LogP contribution in [0.5, 0.6) is 0 Å². The molecule has 0 aromatic heterocycles. The molecule has 13 heavy (non-hydrogen) atoms. The molecule has 0 radical (unpaired) electrons. The van der Waals surface area contributed by atoms with Crippen LogP contribution < -0.4 is 0 Å². The molecule has 1 fully saturated rings. The second-order valence-electron chi connectivity index (χ2n) is 2.77. The first kappa shape index (κ1) is 9.77. The van der Waals surface area contributed by atoms with Gasteiger partial charge in [-0.05, 0) is 13.3 Å². The lowest BCUT2D eigenvalue weighted by Gasteiger charge is -2.08. The van der Waals surface area contributed by atoms with Gasteiger partial charge in [0.1, 0.15) is 6.61 Å². The van der Waals surface area contributed by atoms with Crippen LogP contribution in [0.3, 0.4) is 0 Å². The Morgan fingerprint density at radius 2 is 2.46 bits per heavy atom. The van der Waals surface area contributed by atoms with E-state index in [1.165, 1.54) is 0 Å². The van der Waals surface area contributed by atoms with Crippen LogP contribution in [0.1, 0.15) is 19.8 Å². The van der Waals surface area contributed by atoms with Gasteiger partial charge >= 0.3 is 6.09 Å². The molecule has 4 heteroatoms. The monoisotopic (exact) mass is 183 g/mol. The van der Waals surface area contributed by atoms with Crippen LogP contribution in [0, 0.1) is 0 Å². The molecular weight excluding hydrogens is 170 g/mol. The SMILES string of the molecule is C/C=C/CCC(=O)N1CCOC1=O. The minimum atomic E-state index is -0.509. The van der Waals surface area contributed by atoms with Gasteiger partial charge in [-0.25, -0.2) is 9.69 Å². The Bertz CT molecular complexity index is 235. The number of ether oxygens (including phenoxy) is 1. The zero-order valence-electron chi connectivity index (χ0n) is 7.66. The average Bonchev–Trinajstić information content (AvgIpc) is 2.52. The van der Waals surface area contributed by atoms with E-state index >= 15 is 0 Å². The molecule has 0 saturated carbocycles. The Morgan fingerprint density at radius 3 is 3.00 bits per heavy atom. The molecule has 1 aliphatic heterocycles. The van der Waals surface area contributed by atoms with E-state index in [4.69, 9.17) is 0 Å². The maximum absolute atomic E-state index is 11.3. The number of carbonyl (C=O) groups is 2. The number of hydrogen-bond donors (Lipinski definition) is 0. The summed E-state index contributed by atoms with van der Waals surface area (Å²) in [5.41, 5.74) is 0. The summed E-state index contributed by atoms with van der Waals surface area (Å²) >= 11 is 0. The van der Waals surface area contributed by atoms with Gasteiger partial charge in [-0.1, -0.05) is 12.2 Å². The van der Waals surface area contributed by atoms with Crippen LogP contribution in [0.15, 0.2) is 12.2 Å². The van der Waals surface area contributed by atoms with Crippen LogP contribution in [-0.2, 0) is 9.53 Å². The van der Waals surface area contributed by atoms with Crippen molar-refractivity contribution in [2.24, 2.45) is 0 Å². The molecule has 1 aliphatic rings. The smallest absolute Gasteiger partial charge is 0.416 e. The van der Waals surface area contributed by atoms with Gasteiger partial charge in [0.25, 0.3) is 0 Å². The van der Waals surface area contributed by atoms with Crippen molar-refractivity contribution in [3.05, 3.63) is 12.2 Å². The van der Waals surface area contributed by atoms with E-state index in [0.717, 1.165) is 4.90 Å². The molecule has 1 saturated heterocycles. The summed E-state index contributed by atoms with van der Waals surface area (Å²) < 4.78 is 4.64. The van der Waals surface area contributed by atoms with Gasteiger partial charge < -0.3 is 4.74 Å². The molecule has 0 atom stereocenters. The van der Waals surface area contributed by atoms with E-state index < -0.39 is 6.09 Å². The van der Waals surface area contributed by atoms with Crippen molar-refractivity contribution < 1.29 is 14.3 Å². The van der Waals surface area contributed by atoms with Gasteiger partial charge in [0.05, 0.1) is 6.54 Å². The van der Waals surface area contributed by atoms with E-state index in [1.807, 2.05) is 19.1 Å². The number of amides is 2. The van der Waals surface area contributed by atoms with Gasteiger partial charge in [0.15, 0.2) is 0 Å². The third kappa shape index (κ3) is 2.57. The summed E-state index contributed by atoms with van der Waals surface area (Å²) in [7, 11) is 0. The fourth-order valence-electron chi connectivity index (χ4n) is 1.13. The molecule has 4 nitrogen and oxygen atoms in total. The number of carbonyl (C=O) groups excluding carboxylic acids is 2. The quantitative estimate of drug-likeness (QED) is 0.620. The Balaban J connectivity index is 2.34. The van der Waals surface area contributed by atoms with Crippen molar-refractivity contribution in [3.8, 4) is 0 Å². The number of allylic oxidation sites excluding steroid dienone is 2. The van der Waals surface area contributed by atoms with E-state index in [2.05, 4.69) is 4.74 Å². The summed E-state index contributed by atoms with van der Waals surface area (Å²) in [6.45, 7) is 2.62. The standard InChI is InChI=1S/C9H13NO3/c1-2-3-4-5-8(11)10-6-7-13-9(10)12/h2-3H,4-7H2,1H3/b3-2+. The van der Waals surface area contributed by atoms with E-state index in [9.17, 15) is 9.59 Å². The summed E-state index contributed by atoms with van der Waals surface area (Å²) in [5, 5.41) is 0. The fourth-order valence-corrected chi connectivity index (χ4v) is 1.13. The van der Waals surface area contributed by atoms with Crippen molar-refractivity contribution in [2.75, 3.05) is 13.2 Å². The van der Waals surface area contributed by atoms with Crippen molar-refractivity contribution in [2.45, 2.75) is 19.8 Å². The molecule has 2 amide bonds. The third-order valence-electron chi connectivity index (χ3n) is 1.82. The highest BCUT2D eigenvalue weighted by atomic mass is 16.6. The predicted molar refractivity (Wildman–Crippen MR) is 47.1 cm³/mol. The molecular formula is C9H13NO3. The first-order valence-electron chi connectivity index (χ1n) is 4.34. The molecule has 0 aromatic carbocycles. The van der Waals surface area contributed by atoms with Gasteiger partial charge in [-0.2, -0.15) is 0 Å². The summed E-state index contributed by atoms with van der Waals surface area (Å²) in [6.07, 6.45) is 4.33. The highest BCUT2D eigenvalue weighted by Crippen LogP contribution is 2.06. The van der Waals surface area contributed by atoms with Gasteiger partial charge in [-0.3, -0.25) is 4.79 Å². The summed E-state index contributed by atoms with van der Waals surface area (Å²) in [5.74, 6) is -0.152. The minimum Gasteiger partial charge on any atom is -0.447 e. The lowest BCUT2D eigenvalue weighted by atomic mass is 10.2. The number of imide groups is 1. The molecule has 1 rings (SSSR count). The number of rotatable bonds is 3. The van der Waals surface area contributed by atoms with Gasteiger partial charge in [0.2, 0.25) is 5.91 Å². The molecule has 0 aliphatic carbocycles. The van der Waals surface area contributed by atoms with Crippen LogP contribution in [-0.4, -0.2) is 30.1 Å². The topological polar surface area (TPSA) is 46.6 Å². The number of hydrogen-bond acceptors (Lipinski definition) is 3. The minimum absolute atomic E-state index is 0.152. The van der Waals surface area contributed by atoms with E-state index in [-0.39, 0.29) is 5.91 Å². The number of cyclic esters (lactones) is 1. The zero-order valence-corrected chi connectivity index (χ0v) is 7.66. The van der Waals surface area contributed by atoms with Gasteiger partial charge in [0, 0.05) is 6.42 Å².